The summed E-state index contributed by atoms with van der Waals surface area (Å²) in [5.74, 6) is 0.952. The van der Waals surface area contributed by atoms with E-state index < -0.39 is 0 Å². The lowest BCUT2D eigenvalue weighted by Gasteiger charge is -2.21. The van der Waals surface area contributed by atoms with E-state index in [0.29, 0.717) is 6.04 Å². The van der Waals surface area contributed by atoms with E-state index in [4.69, 9.17) is 0 Å². The average Bonchev–Trinajstić information content (AvgIpc) is 2.63. The number of nitrogens with one attached hydrogen (secondary N) is 1. The lowest BCUT2D eigenvalue weighted by molar-refractivity contribution is 0.362. The smallest absolute Gasteiger partial charge is 0.0285 e. The molecule has 1 atom stereocenters. The first-order valence-corrected chi connectivity index (χ1v) is 8.85. The van der Waals surface area contributed by atoms with Crippen molar-refractivity contribution in [2.45, 2.75) is 57.4 Å². The van der Waals surface area contributed by atoms with E-state index in [9.17, 15) is 0 Å². The number of thiophene rings is 1. The quantitative estimate of drug-likeness (QED) is 0.749. The van der Waals surface area contributed by atoms with Gasteiger partial charge in [-0.05, 0) is 47.8 Å². The fourth-order valence-electron chi connectivity index (χ4n) is 3.01. The minimum atomic E-state index is 0.652. The van der Waals surface area contributed by atoms with Gasteiger partial charge in [0.25, 0.3) is 0 Å². The first-order valence-electron chi connectivity index (χ1n) is 7.18. The highest BCUT2D eigenvalue weighted by Gasteiger charge is 2.17. The van der Waals surface area contributed by atoms with Crippen LogP contribution in [0.25, 0.3) is 0 Å². The summed E-state index contributed by atoms with van der Waals surface area (Å²) in [6, 6.07) is 2.92. The predicted octanol–water partition coefficient (Wildman–Crippen LogP) is 5.00. The largest absolute Gasteiger partial charge is 0.317 e. The lowest BCUT2D eigenvalue weighted by Crippen LogP contribution is -2.29. The van der Waals surface area contributed by atoms with Gasteiger partial charge in [0, 0.05) is 20.8 Å². The molecule has 18 heavy (non-hydrogen) atoms. The van der Waals surface area contributed by atoms with Gasteiger partial charge in [0.15, 0.2) is 0 Å². The van der Waals surface area contributed by atoms with Crippen molar-refractivity contribution in [3.8, 4) is 0 Å². The number of likely N-dealkylation sites (N-methyl/N-ethyl adjacent to an activating group) is 1. The maximum atomic E-state index is 3.54. The van der Waals surface area contributed by atoms with Crippen LogP contribution >= 0.6 is 27.3 Å². The van der Waals surface area contributed by atoms with Crippen LogP contribution in [-0.4, -0.2) is 13.1 Å². The topological polar surface area (TPSA) is 12.0 Å². The lowest BCUT2D eigenvalue weighted by atomic mass is 9.91. The third-order valence-corrected chi connectivity index (χ3v) is 5.79. The van der Waals surface area contributed by atoms with Crippen molar-refractivity contribution in [1.29, 1.82) is 0 Å². The summed E-state index contributed by atoms with van der Waals surface area (Å²) in [6.07, 6.45) is 11.3. The molecule has 1 nitrogen and oxygen atoms in total. The highest BCUT2D eigenvalue weighted by molar-refractivity contribution is 9.10. The molecule has 1 aromatic heterocycles. The molecule has 1 aromatic rings. The zero-order valence-corrected chi connectivity index (χ0v) is 13.7. The highest BCUT2D eigenvalue weighted by Crippen LogP contribution is 2.28. The Balaban J connectivity index is 1.84. The van der Waals surface area contributed by atoms with Gasteiger partial charge < -0.3 is 5.32 Å². The van der Waals surface area contributed by atoms with Crippen LogP contribution < -0.4 is 5.32 Å². The van der Waals surface area contributed by atoms with Crippen molar-refractivity contribution in [2.75, 3.05) is 7.05 Å². The molecule has 1 fully saturated rings. The summed E-state index contributed by atoms with van der Waals surface area (Å²) in [6.45, 7) is 0. The summed E-state index contributed by atoms with van der Waals surface area (Å²) in [7, 11) is 2.12. The van der Waals surface area contributed by atoms with Crippen LogP contribution in [0.1, 0.15) is 49.8 Å². The molecule has 0 radical (unpaired) electrons. The van der Waals surface area contributed by atoms with E-state index in [2.05, 4.69) is 39.7 Å². The van der Waals surface area contributed by atoms with Crippen LogP contribution in [0.2, 0.25) is 0 Å². The van der Waals surface area contributed by atoms with Crippen LogP contribution in [0.4, 0.5) is 0 Å². The molecule has 0 spiro atoms. The Morgan fingerprint density at radius 1 is 1.33 bits per heavy atom. The van der Waals surface area contributed by atoms with E-state index in [1.165, 1.54) is 60.7 Å². The van der Waals surface area contributed by atoms with Crippen molar-refractivity contribution in [1.82, 2.24) is 5.32 Å². The number of hydrogen-bond donors (Lipinski definition) is 1. The van der Waals surface area contributed by atoms with Gasteiger partial charge in [-0.15, -0.1) is 11.3 Å². The third-order valence-electron chi connectivity index (χ3n) is 4.07. The molecular formula is C15H24BrNS. The predicted molar refractivity (Wildman–Crippen MR) is 84.4 cm³/mol. The van der Waals surface area contributed by atoms with Crippen molar-refractivity contribution < 1.29 is 0 Å². The Hall–Kier alpha value is 0.140. The molecule has 0 aromatic carbocycles. The second-order valence-corrected chi connectivity index (χ2v) is 7.43. The molecule has 1 heterocycles. The first kappa shape index (κ1) is 14.5. The number of hydrogen-bond acceptors (Lipinski definition) is 2. The van der Waals surface area contributed by atoms with Crippen molar-refractivity contribution in [2.24, 2.45) is 5.92 Å². The monoisotopic (exact) mass is 329 g/mol. The Bertz CT molecular complexity index is 342. The van der Waals surface area contributed by atoms with Crippen LogP contribution in [0.3, 0.4) is 0 Å². The minimum Gasteiger partial charge on any atom is -0.317 e. The SMILES string of the molecule is CNC(Cc1cc(Br)cs1)CC1CCCCCC1. The summed E-state index contributed by atoms with van der Waals surface area (Å²) in [5.41, 5.74) is 0. The molecule has 0 bridgehead atoms. The van der Waals surface area contributed by atoms with Crippen LogP contribution in [-0.2, 0) is 6.42 Å². The normalized spacial score (nSPS) is 19.7. The van der Waals surface area contributed by atoms with Crippen LogP contribution in [0, 0.1) is 5.92 Å². The Morgan fingerprint density at radius 3 is 2.61 bits per heavy atom. The highest BCUT2D eigenvalue weighted by atomic mass is 79.9. The molecule has 2 rings (SSSR count). The minimum absolute atomic E-state index is 0.652. The molecular weight excluding hydrogens is 306 g/mol. The molecule has 1 N–H and O–H groups in total. The van der Waals surface area contributed by atoms with Gasteiger partial charge in [0.1, 0.15) is 0 Å². The first-order chi connectivity index (χ1) is 8.78. The van der Waals surface area contributed by atoms with E-state index in [1.54, 1.807) is 0 Å². The average molecular weight is 330 g/mol. The Labute approximate surface area is 123 Å². The van der Waals surface area contributed by atoms with Crippen LogP contribution in [0.5, 0.6) is 0 Å². The van der Waals surface area contributed by atoms with Gasteiger partial charge in [-0.3, -0.25) is 0 Å². The molecule has 1 aliphatic carbocycles. The Morgan fingerprint density at radius 2 is 2.06 bits per heavy atom. The molecule has 0 saturated heterocycles. The summed E-state index contributed by atoms with van der Waals surface area (Å²) < 4.78 is 1.23. The number of rotatable bonds is 5. The Kier molecular flexibility index (Phi) is 6.19. The zero-order chi connectivity index (χ0) is 12.8. The third kappa shape index (κ3) is 4.67. The van der Waals surface area contributed by atoms with E-state index >= 15 is 0 Å². The standard InChI is InChI=1S/C15H24BrNS/c1-17-14(10-15-9-13(16)11-18-15)8-12-6-4-2-3-5-7-12/h9,11-12,14,17H,2-8,10H2,1H3. The number of halogens is 1. The molecule has 0 aliphatic heterocycles. The molecule has 3 heteroatoms. The summed E-state index contributed by atoms with van der Waals surface area (Å²) in [4.78, 5) is 1.50. The van der Waals surface area contributed by atoms with Crippen molar-refractivity contribution in [3.63, 3.8) is 0 Å². The fraction of sp³-hybridized carbons (Fsp3) is 0.733. The molecule has 1 aliphatic rings. The van der Waals surface area contributed by atoms with Gasteiger partial charge in [-0.25, -0.2) is 0 Å². The summed E-state index contributed by atoms with van der Waals surface area (Å²) >= 11 is 5.42. The van der Waals surface area contributed by atoms with Crippen LogP contribution in [0.15, 0.2) is 15.9 Å². The zero-order valence-electron chi connectivity index (χ0n) is 11.3. The van der Waals surface area contributed by atoms with Gasteiger partial charge >= 0.3 is 0 Å². The van der Waals surface area contributed by atoms with Gasteiger partial charge in [0.2, 0.25) is 0 Å². The van der Waals surface area contributed by atoms with E-state index in [0.717, 1.165) is 5.92 Å². The van der Waals surface area contributed by atoms with E-state index in [-0.39, 0.29) is 0 Å². The second kappa shape index (κ2) is 7.66. The maximum absolute atomic E-state index is 3.54. The van der Waals surface area contributed by atoms with Gasteiger partial charge in [0.05, 0.1) is 0 Å². The fourth-order valence-corrected chi connectivity index (χ4v) is 4.54. The van der Waals surface area contributed by atoms with Crippen molar-refractivity contribution in [3.05, 3.63) is 20.8 Å². The maximum Gasteiger partial charge on any atom is 0.0285 e. The second-order valence-electron chi connectivity index (χ2n) is 5.51. The molecule has 1 unspecified atom stereocenters. The summed E-state index contributed by atoms with van der Waals surface area (Å²) in [5, 5.41) is 5.71. The molecule has 1 saturated carbocycles. The molecule has 102 valence electrons. The molecule has 0 amide bonds. The van der Waals surface area contributed by atoms with E-state index in [1.807, 2.05) is 11.3 Å². The van der Waals surface area contributed by atoms with Gasteiger partial charge in [-0.1, -0.05) is 38.5 Å². The van der Waals surface area contributed by atoms with Crippen molar-refractivity contribution >= 4 is 27.3 Å². The van der Waals surface area contributed by atoms with Gasteiger partial charge in [-0.2, -0.15) is 0 Å².